The normalized spacial score (nSPS) is 45.1. The van der Waals surface area contributed by atoms with Gasteiger partial charge in [0.05, 0.1) is 5.71 Å². The minimum atomic E-state index is -1.07. The van der Waals surface area contributed by atoms with Crippen LogP contribution >= 0.6 is 11.6 Å². The fourth-order valence-corrected chi connectivity index (χ4v) is 6.77. The van der Waals surface area contributed by atoms with Crippen molar-refractivity contribution in [2.24, 2.45) is 34.2 Å². The molecule has 2 saturated carbocycles. The van der Waals surface area contributed by atoms with Gasteiger partial charge in [0.2, 0.25) is 0 Å². The number of allylic oxidation sites excluding steroid dienone is 3. The lowest BCUT2D eigenvalue weighted by atomic mass is 9.49. The van der Waals surface area contributed by atoms with Crippen molar-refractivity contribution in [1.29, 1.82) is 0 Å². The van der Waals surface area contributed by atoms with Crippen LogP contribution in [0.3, 0.4) is 0 Å². The molecule has 1 N–H and O–H groups in total. The summed E-state index contributed by atoms with van der Waals surface area (Å²) in [5.74, 6) is 5.34. The maximum absolute atomic E-state index is 11.3. The van der Waals surface area contributed by atoms with Gasteiger partial charge < -0.3 is 9.94 Å². The van der Waals surface area contributed by atoms with Crippen molar-refractivity contribution in [1.82, 2.24) is 0 Å². The van der Waals surface area contributed by atoms with Gasteiger partial charge in [-0.3, -0.25) is 0 Å². The number of halogens is 1. The van der Waals surface area contributed by atoms with Gasteiger partial charge in [-0.1, -0.05) is 23.7 Å². The molecule has 4 aliphatic carbocycles. The Hall–Kier alpha value is -1.24. The van der Waals surface area contributed by atoms with Crippen LogP contribution in [-0.2, 0) is 4.84 Å². The fraction of sp³-hybridized carbons (Fsp3) is 0.682. The molecule has 0 aromatic heterocycles. The molecule has 0 aromatic rings. The lowest BCUT2D eigenvalue weighted by molar-refractivity contribution is -0.0871. The molecule has 0 heterocycles. The third-order valence-corrected chi connectivity index (χ3v) is 7.87. The van der Waals surface area contributed by atoms with E-state index >= 15 is 0 Å². The molecule has 3 nitrogen and oxygen atoms in total. The van der Waals surface area contributed by atoms with Crippen LogP contribution in [0.2, 0.25) is 0 Å². The molecular weight excluding hydrogens is 346 g/mol. The van der Waals surface area contributed by atoms with E-state index in [1.165, 1.54) is 19.3 Å². The Labute approximate surface area is 161 Å². The van der Waals surface area contributed by atoms with E-state index in [2.05, 4.69) is 35.5 Å². The zero-order valence-electron chi connectivity index (χ0n) is 15.7. The van der Waals surface area contributed by atoms with Crippen molar-refractivity contribution in [2.75, 3.05) is 7.11 Å². The van der Waals surface area contributed by atoms with Gasteiger partial charge in [-0.2, -0.15) is 0 Å². The maximum Gasteiger partial charge on any atom is 0.151 e. The molecule has 6 atom stereocenters. The van der Waals surface area contributed by atoms with Gasteiger partial charge in [0.25, 0.3) is 0 Å². The summed E-state index contributed by atoms with van der Waals surface area (Å²) in [6, 6.07) is 0. The van der Waals surface area contributed by atoms with Crippen molar-refractivity contribution < 1.29 is 9.94 Å². The largest absolute Gasteiger partial charge is 0.399 e. The van der Waals surface area contributed by atoms with Crippen LogP contribution in [0.15, 0.2) is 29.0 Å². The van der Waals surface area contributed by atoms with Crippen LogP contribution < -0.4 is 0 Å². The molecule has 2 fully saturated rings. The molecule has 0 radical (unpaired) electrons. The summed E-state index contributed by atoms with van der Waals surface area (Å²) >= 11 is 5.71. The molecule has 4 rings (SSSR count). The quantitative estimate of drug-likeness (QED) is 0.434. The summed E-state index contributed by atoms with van der Waals surface area (Å²) in [6.07, 6.45) is 14.1. The average molecular weight is 374 g/mol. The third kappa shape index (κ3) is 2.49. The SMILES string of the molecule is CC[C@]12CC[C@H]3[C@@H](CCC4=C/C(=N\OC)CC[C@@H]43)[C@@H]1C=C[C@@]2(O)C#CCl. The number of hydrogen-bond acceptors (Lipinski definition) is 3. The van der Waals surface area contributed by atoms with Gasteiger partial charge >= 0.3 is 0 Å². The molecule has 0 spiro atoms. The first-order valence-corrected chi connectivity index (χ1v) is 10.3. The minimum absolute atomic E-state index is 0.172. The second-order valence-corrected chi connectivity index (χ2v) is 8.60. The van der Waals surface area contributed by atoms with Crippen LogP contribution in [0.4, 0.5) is 0 Å². The van der Waals surface area contributed by atoms with Crippen molar-refractivity contribution in [3.05, 3.63) is 23.8 Å². The lowest BCUT2D eigenvalue weighted by Crippen LogP contribution is -2.54. The predicted octanol–water partition coefficient (Wildman–Crippen LogP) is 4.66. The highest BCUT2D eigenvalue weighted by Crippen LogP contribution is 2.63. The van der Waals surface area contributed by atoms with Crippen molar-refractivity contribution in [3.8, 4) is 11.3 Å². The Morgan fingerprint density at radius 2 is 2.15 bits per heavy atom. The first-order valence-electron chi connectivity index (χ1n) is 9.93. The number of rotatable bonds is 2. The molecule has 0 amide bonds. The van der Waals surface area contributed by atoms with E-state index in [9.17, 15) is 5.11 Å². The van der Waals surface area contributed by atoms with Crippen LogP contribution in [0.25, 0.3) is 0 Å². The Morgan fingerprint density at radius 3 is 2.88 bits per heavy atom. The molecule has 4 aliphatic rings. The van der Waals surface area contributed by atoms with Crippen LogP contribution in [0.5, 0.6) is 0 Å². The predicted molar refractivity (Wildman–Crippen MR) is 105 cm³/mol. The molecule has 26 heavy (non-hydrogen) atoms. The van der Waals surface area contributed by atoms with Crippen LogP contribution in [0, 0.1) is 40.4 Å². The molecule has 0 unspecified atom stereocenters. The van der Waals surface area contributed by atoms with Gasteiger partial charge in [-0.05, 0) is 98.3 Å². The standard InChI is InChI=1S/C22H28ClNO2/c1-3-21-10-8-18-17-7-5-16(24-26-2)14-15(17)4-6-19(18)20(21)9-11-22(21,25)12-13-23/h9,11,14,17-20,25H,3-8,10H2,1-2H3/b24-16-/t17-,18+,19+,20-,21-,22+/m0/s1. The summed E-state index contributed by atoms with van der Waals surface area (Å²) in [4.78, 5) is 4.98. The number of hydrogen-bond donors (Lipinski definition) is 1. The molecule has 0 aromatic carbocycles. The molecule has 0 saturated heterocycles. The molecule has 0 bridgehead atoms. The van der Waals surface area contributed by atoms with Gasteiger partial charge in [-0.15, -0.1) is 0 Å². The highest BCUT2D eigenvalue weighted by Gasteiger charge is 2.61. The Kier molecular flexibility index (Phi) is 4.70. The summed E-state index contributed by atoms with van der Waals surface area (Å²) in [5.41, 5.74) is 1.41. The number of fused-ring (bicyclic) bond motifs is 5. The zero-order chi connectivity index (χ0) is 18.4. The average Bonchev–Trinajstić information content (AvgIpc) is 2.95. The molecular formula is C22H28ClNO2. The number of nitrogens with zero attached hydrogens (tertiary/aromatic N) is 1. The maximum atomic E-state index is 11.3. The van der Waals surface area contributed by atoms with E-state index in [4.69, 9.17) is 16.4 Å². The zero-order valence-corrected chi connectivity index (χ0v) is 16.4. The summed E-state index contributed by atoms with van der Waals surface area (Å²) < 4.78 is 0. The van der Waals surface area contributed by atoms with Crippen LogP contribution in [-0.4, -0.2) is 23.5 Å². The summed E-state index contributed by atoms with van der Waals surface area (Å²) in [6.45, 7) is 2.20. The second-order valence-electron chi connectivity index (χ2n) is 8.42. The second kappa shape index (κ2) is 6.73. The van der Waals surface area contributed by atoms with E-state index in [0.717, 1.165) is 31.4 Å². The van der Waals surface area contributed by atoms with E-state index in [-0.39, 0.29) is 5.41 Å². The molecule has 140 valence electrons. The van der Waals surface area contributed by atoms with Crippen molar-refractivity contribution in [2.45, 2.75) is 57.5 Å². The van der Waals surface area contributed by atoms with Crippen molar-refractivity contribution in [3.63, 3.8) is 0 Å². The highest BCUT2D eigenvalue weighted by atomic mass is 35.5. The summed E-state index contributed by atoms with van der Waals surface area (Å²) in [7, 11) is 1.62. The van der Waals surface area contributed by atoms with Gasteiger partial charge in [-0.25, -0.2) is 0 Å². The highest BCUT2D eigenvalue weighted by molar-refractivity contribution is 6.30. The Morgan fingerprint density at radius 1 is 1.31 bits per heavy atom. The van der Waals surface area contributed by atoms with Gasteiger partial charge in [0.15, 0.2) is 5.60 Å². The van der Waals surface area contributed by atoms with E-state index in [1.54, 1.807) is 12.7 Å². The molecule has 4 heteroatoms. The Bertz CT molecular complexity index is 730. The lowest BCUT2D eigenvalue weighted by Gasteiger charge is -2.56. The summed E-state index contributed by atoms with van der Waals surface area (Å²) in [5, 5.41) is 17.9. The van der Waals surface area contributed by atoms with E-state index < -0.39 is 5.60 Å². The van der Waals surface area contributed by atoms with Gasteiger partial charge in [0.1, 0.15) is 7.11 Å². The van der Waals surface area contributed by atoms with Crippen LogP contribution in [0.1, 0.15) is 51.9 Å². The fourth-order valence-electron chi connectivity index (χ4n) is 6.63. The third-order valence-electron chi connectivity index (χ3n) is 7.78. The minimum Gasteiger partial charge on any atom is -0.399 e. The first-order chi connectivity index (χ1) is 12.6. The van der Waals surface area contributed by atoms with Gasteiger partial charge in [0, 0.05) is 10.8 Å². The number of aliphatic hydroxyl groups is 1. The van der Waals surface area contributed by atoms with Crippen molar-refractivity contribution >= 4 is 17.3 Å². The van der Waals surface area contributed by atoms with E-state index in [1.807, 2.05) is 6.08 Å². The van der Waals surface area contributed by atoms with E-state index in [0.29, 0.717) is 23.7 Å². The Balaban J connectivity index is 1.64. The molecule has 0 aliphatic heterocycles. The first kappa shape index (κ1) is 18.1. The monoisotopic (exact) mass is 373 g/mol. The smallest absolute Gasteiger partial charge is 0.151 e. The topological polar surface area (TPSA) is 41.8 Å². The number of oxime groups is 1.